The van der Waals surface area contributed by atoms with Crippen molar-refractivity contribution in [3.05, 3.63) is 58.5 Å². The molecule has 1 aliphatic carbocycles. The predicted molar refractivity (Wildman–Crippen MR) is 161 cm³/mol. The zero-order chi connectivity index (χ0) is 32.4. The van der Waals surface area contributed by atoms with Gasteiger partial charge in [-0.2, -0.15) is 0 Å². The van der Waals surface area contributed by atoms with Crippen molar-refractivity contribution in [3.63, 3.8) is 0 Å². The first kappa shape index (κ1) is 35.6. The number of nitrogens with zero attached hydrogens (tertiary/aromatic N) is 1. The molecule has 1 heterocycles. The molecule has 6 atom stereocenters. The highest BCUT2D eigenvalue weighted by Crippen LogP contribution is 2.28. The maximum Gasteiger partial charge on any atom is 0.405 e. The Morgan fingerprint density at radius 3 is 2.47 bits per heavy atom. The van der Waals surface area contributed by atoms with Crippen molar-refractivity contribution in [2.45, 2.75) is 65.0 Å². The number of ether oxygens (including phenoxy) is 2. The average molecular weight is 603 g/mol. The van der Waals surface area contributed by atoms with Crippen LogP contribution in [0.25, 0.3) is 0 Å². The number of nitrogens with two attached hydrogens (primary N) is 1. The smallest absolute Gasteiger partial charge is 0.405 e. The monoisotopic (exact) mass is 602 g/mol. The van der Waals surface area contributed by atoms with Crippen LogP contribution in [0.2, 0.25) is 0 Å². The van der Waals surface area contributed by atoms with Crippen LogP contribution in [0, 0.1) is 11.8 Å². The number of nitrogens with one attached hydrogen (secondary N) is 2. The quantitative estimate of drug-likeness (QED) is 0.219. The third kappa shape index (κ3) is 10.3. The van der Waals surface area contributed by atoms with E-state index >= 15 is 0 Å². The molecule has 2 amide bonds. The molecule has 1 aliphatic heterocycles. The topological polar surface area (TPSA) is 181 Å². The Bertz CT molecular complexity index is 1220. The van der Waals surface area contributed by atoms with Gasteiger partial charge < -0.3 is 41.0 Å². The molecule has 2 rings (SSSR count). The number of methoxy groups -OCH3 is 1. The first-order valence-corrected chi connectivity index (χ1v) is 14.3. The number of carbonyl (C=O) groups excluding carboxylic acids is 4. The number of rotatable bonds is 6. The van der Waals surface area contributed by atoms with Gasteiger partial charge in [-0.25, -0.2) is 4.79 Å². The SMILES string of the molecule is CO[C@H]1/C=C\C=C(/C)C(=O)NC2=CC(=O)C(NCCN(C)C)=C(C[C@@H](C)C[C@H](O)[C@H](O)[C@@H](C)/C=C(\C)[C@@H]1OC(N)=O)C2=O. The molecule has 0 fully saturated rings. The van der Waals surface area contributed by atoms with Gasteiger partial charge in [-0.15, -0.1) is 0 Å². The number of primary amides is 1. The fourth-order valence-corrected chi connectivity index (χ4v) is 4.97. The summed E-state index contributed by atoms with van der Waals surface area (Å²) in [5.74, 6) is -2.42. The fraction of sp³-hybridized carbons (Fsp3) is 0.548. The van der Waals surface area contributed by atoms with Gasteiger partial charge in [-0.05, 0) is 52.3 Å². The number of amides is 2. The van der Waals surface area contributed by atoms with Crippen molar-refractivity contribution >= 4 is 23.6 Å². The minimum Gasteiger partial charge on any atom is -0.439 e. The van der Waals surface area contributed by atoms with Crippen molar-refractivity contribution in [2.24, 2.45) is 17.6 Å². The molecule has 12 nitrogen and oxygen atoms in total. The van der Waals surface area contributed by atoms with Gasteiger partial charge in [0.1, 0.15) is 6.10 Å². The van der Waals surface area contributed by atoms with Gasteiger partial charge >= 0.3 is 6.09 Å². The van der Waals surface area contributed by atoms with E-state index in [4.69, 9.17) is 15.2 Å². The third-order valence-electron chi connectivity index (χ3n) is 7.37. The Balaban J connectivity index is 2.56. The van der Waals surface area contributed by atoms with Crippen LogP contribution in [-0.4, -0.2) is 97.4 Å². The summed E-state index contributed by atoms with van der Waals surface area (Å²) in [7, 11) is 5.18. The number of likely N-dealkylation sites (N-methyl/N-ethyl adjacent to an activating group) is 1. The van der Waals surface area contributed by atoms with Gasteiger partial charge in [0, 0.05) is 43.3 Å². The van der Waals surface area contributed by atoms with E-state index in [-0.39, 0.29) is 41.3 Å². The maximum atomic E-state index is 13.6. The second-order valence-electron chi connectivity index (χ2n) is 11.5. The van der Waals surface area contributed by atoms with E-state index < -0.39 is 53.9 Å². The lowest BCUT2D eigenvalue weighted by molar-refractivity contribution is -0.120. The zero-order valence-electron chi connectivity index (χ0n) is 26.0. The lowest BCUT2D eigenvalue weighted by atomic mass is 9.85. The Kier molecular flexibility index (Phi) is 13.5. The van der Waals surface area contributed by atoms with Crippen LogP contribution in [0.3, 0.4) is 0 Å². The second kappa shape index (κ2) is 16.3. The van der Waals surface area contributed by atoms with Crippen LogP contribution in [0.1, 0.15) is 40.5 Å². The largest absolute Gasteiger partial charge is 0.439 e. The molecule has 238 valence electrons. The summed E-state index contributed by atoms with van der Waals surface area (Å²) in [4.78, 5) is 53.4. The third-order valence-corrected chi connectivity index (χ3v) is 7.37. The number of fused-ring (bicyclic) bond motifs is 2. The maximum absolute atomic E-state index is 13.6. The number of aliphatic hydroxyl groups is 2. The van der Waals surface area contributed by atoms with Gasteiger partial charge in [0.2, 0.25) is 11.6 Å². The molecule has 43 heavy (non-hydrogen) atoms. The summed E-state index contributed by atoms with van der Waals surface area (Å²) >= 11 is 0. The van der Waals surface area contributed by atoms with Crippen LogP contribution >= 0.6 is 0 Å². The van der Waals surface area contributed by atoms with E-state index in [9.17, 15) is 29.4 Å². The lowest BCUT2D eigenvalue weighted by Crippen LogP contribution is -2.38. The molecule has 6 N–H and O–H groups in total. The Morgan fingerprint density at radius 2 is 1.86 bits per heavy atom. The van der Waals surface area contributed by atoms with E-state index in [1.807, 2.05) is 19.0 Å². The van der Waals surface area contributed by atoms with Crippen LogP contribution in [0.15, 0.2) is 58.5 Å². The van der Waals surface area contributed by atoms with Gasteiger partial charge in [-0.3, -0.25) is 14.4 Å². The Labute approximate surface area is 253 Å². The van der Waals surface area contributed by atoms with Crippen molar-refractivity contribution in [3.8, 4) is 0 Å². The van der Waals surface area contributed by atoms with E-state index in [0.717, 1.165) is 6.08 Å². The summed E-state index contributed by atoms with van der Waals surface area (Å²) in [6.07, 6.45) is 2.45. The molecule has 2 aliphatic rings. The number of hydrogen-bond donors (Lipinski definition) is 5. The second-order valence-corrected chi connectivity index (χ2v) is 11.5. The number of hydrogen-bond acceptors (Lipinski definition) is 10. The highest BCUT2D eigenvalue weighted by atomic mass is 16.6. The first-order valence-electron chi connectivity index (χ1n) is 14.3. The summed E-state index contributed by atoms with van der Waals surface area (Å²) in [6.45, 7) is 7.78. The molecule has 0 radical (unpaired) electrons. The molecule has 0 aromatic carbocycles. The van der Waals surface area contributed by atoms with E-state index in [1.165, 1.54) is 19.3 Å². The minimum absolute atomic E-state index is 0.117. The van der Waals surface area contributed by atoms with Gasteiger partial charge in [0.15, 0.2) is 6.10 Å². The lowest BCUT2D eigenvalue weighted by Gasteiger charge is -2.28. The molecule has 2 bridgehead atoms. The normalized spacial score (nSPS) is 31.4. The highest BCUT2D eigenvalue weighted by Gasteiger charge is 2.33. The van der Waals surface area contributed by atoms with Crippen molar-refractivity contribution < 1.29 is 38.9 Å². The molecular weight excluding hydrogens is 556 g/mol. The molecular formula is C31H46N4O8. The molecule has 0 saturated heterocycles. The number of ketones is 2. The molecule has 0 spiro atoms. The molecule has 0 aromatic heterocycles. The summed E-state index contributed by atoms with van der Waals surface area (Å²) in [5, 5.41) is 27.5. The Hall–Kier alpha value is -3.58. The minimum atomic E-state index is -1.19. The summed E-state index contributed by atoms with van der Waals surface area (Å²) in [6, 6.07) is 0. The standard InChI is InChI=1S/C31H46N4O8/c1-17-13-21-26(33-11-12-35(5)6)23(36)16-22(28(21)39)34-30(40)18(2)9-8-10-25(42-7)29(43-31(32)41)20(4)15-19(3)27(38)24(37)14-17/h8-10,15-17,19,24-25,27,29,33,37-38H,11-14H2,1-7H3,(H2,32,41)(H,34,40)/b10-8-,18-9+,20-15+/t17-,19+,24+,25+,27-,29+/m1/s1. The Morgan fingerprint density at radius 1 is 1.19 bits per heavy atom. The van der Waals surface area contributed by atoms with Crippen molar-refractivity contribution in [2.75, 3.05) is 34.3 Å². The first-order chi connectivity index (χ1) is 20.2. The predicted octanol–water partition coefficient (Wildman–Crippen LogP) is 1.26. The van der Waals surface area contributed by atoms with Crippen molar-refractivity contribution in [1.29, 1.82) is 0 Å². The van der Waals surface area contributed by atoms with E-state index in [0.29, 0.717) is 18.7 Å². The van der Waals surface area contributed by atoms with E-state index in [1.54, 1.807) is 39.8 Å². The summed E-state index contributed by atoms with van der Waals surface area (Å²) < 4.78 is 10.8. The number of allylic oxidation sites excluding steroid dienone is 4. The number of Topliss-reactive ketones (excluding diaryl/α,β-unsaturated/α-hetero) is 1. The van der Waals surface area contributed by atoms with Crippen LogP contribution < -0.4 is 16.4 Å². The summed E-state index contributed by atoms with van der Waals surface area (Å²) in [5.41, 5.74) is 6.29. The van der Waals surface area contributed by atoms with Crippen LogP contribution in [0.4, 0.5) is 4.79 Å². The van der Waals surface area contributed by atoms with Crippen molar-refractivity contribution in [1.82, 2.24) is 15.5 Å². The number of carbonyl (C=O) groups is 4. The van der Waals surface area contributed by atoms with Gasteiger partial charge in [0.05, 0.1) is 23.6 Å². The molecule has 12 heteroatoms. The highest BCUT2D eigenvalue weighted by molar-refractivity contribution is 6.23. The molecule has 0 unspecified atom stereocenters. The van der Waals surface area contributed by atoms with E-state index in [2.05, 4.69) is 10.6 Å². The van der Waals surface area contributed by atoms with Crippen LogP contribution in [-0.2, 0) is 23.9 Å². The number of aliphatic hydroxyl groups excluding tert-OH is 2. The fourth-order valence-electron chi connectivity index (χ4n) is 4.97. The van der Waals surface area contributed by atoms with Gasteiger partial charge in [0.25, 0.3) is 5.91 Å². The average Bonchev–Trinajstić information content (AvgIpc) is 2.92. The molecule has 0 aromatic rings. The zero-order valence-corrected chi connectivity index (χ0v) is 26.0. The van der Waals surface area contributed by atoms with Crippen LogP contribution in [0.5, 0.6) is 0 Å². The molecule has 0 saturated carbocycles. The van der Waals surface area contributed by atoms with Gasteiger partial charge in [-0.1, -0.05) is 38.2 Å².